The highest BCUT2D eigenvalue weighted by Crippen LogP contribution is 2.23. The maximum Gasteiger partial charge on any atom is 0.253 e. The third kappa shape index (κ3) is 4.26. The SMILES string of the molecule is N#Cc1ccc(CN2CCCN(C(=O)c3ccc4c(c3)CCCC4)CC2)cc1. The van der Waals surface area contributed by atoms with Crippen LogP contribution in [0.15, 0.2) is 42.5 Å². The first-order valence-electron chi connectivity index (χ1n) is 10.4. The van der Waals surface area contributed by atoms with Crippen LogP contribution in [0.4, 0.5) is 0 Å². The van der Waals surface area contributed by atoms with E-state index in [9.17, 15) is 4.79 Å². The number of rotatable bonds is 3. The molecular weight excluding hydrogens is 346 g/mol. The summed E-state index contributed by atoms with van der Waals surface area (Å²) < 4.78 is 0. The van der Waals surface area contributed by atoms with E-state index in [2.05, 4.69) is 23.1 Å². The molecule has 144 valence electrons. The van der Waals surface area contributed by atoms with Crippen molar-refractivity contribution in [1.82, 2.24) is 9.80 Å². The number of fused-ring (bicyclic) bond motifs is 1. The van der Waals surface area contributed by atoms with Gasteiger partial charge in [-0.15, -0.1) is 0 Å². The van der Waals surface area contributed by atoms with Gasteiger partial charge in [0.2, 0.25) is 0 Å². The van der Waals surface area contributed by atoms with Crippen LogP contribution in [0, 0.1) is 11.3 Å². The van der Waals surface area contributed by atoms with Gasteiger partial charge in [0.25, 0.3) is 5.91 Å². The Labute approximate surface area is 167 Å². The van der Waals surface area contributed by atoms with Crippen molar-refractivity contribution in [2.45, 2.75) is 38.6 Å². The molecule has 1 heterocycles. The zero-order chi connectivity index (χ0) is 19.3. The van der Waals surface area contributed by atoms with Gasteiger partial charge in [-0.1, -0.05) is 18.2 Å². The number of benzene rings is 2. The zero-order valence-electron chi connectivity index (χ0n) is 16.4. The number of hydrogen-bond donors (Lipinski definition) is 0. The maximum atomic E-state index is 13.1. The number of aryl methyl sites for hydroxylation is 2. The standard InChI is InChI=1S/C24H27N3O/c25-17-19-6-8-20(9-7-19)18-26-12-3-13-27(15-14-26)24(28)23-11-10-21-4-1-2-5-22(21)16-23/h6-11,16H,1-5,12-15,18H2. The van der Waals surface area contributed by atoms with E-state index < -0.39 is 0 Å². The summed E-state index contributed by atoms with van der Waals surface area (Å²) >= 11 is 0. The number of carbonyl (C=O) groups is 1. The molecule has 28 heavy (non-hydrogen) atoms. The predicted molar refractivity (Wildman–Crippen MR) is 110 cm³/mol. The molecule has 1 fully saturated rings. The second-order valence-corrected chi connectivity index (χ2v) is 7.92. The number of hydrogen-bond acceptors (Lipinski definition) is 3. The highest BCUT2D eigenvalue weighted by Gasteiger charge is 2.21. The van der Waals surface area contributed by atoms with Gasteiger partial charge < -0.3 is 4.90 Å². The van der Waals surface area contributed by atoms with E-state index in [1.54, 1.807) is 0 Å². The van der Waals surface area contributed by atoms with Crippen LogP contribution in [0.3, 0.4) is 0 Å². The van der Waals surface area contributed by atoms with Crippen molar-refractivity contribution < 1.29 is 4.79 Å². The van der Waals surface area contributed by atoms with Crippen molar-refractivity contribution in [1.29, 1.82) is 5.26 Å². The monoisotopic (exact) mass is 373 g/mol. The first kappa shape index (κ1) is 18.7. The molecule has 2 aromatic carbocycles. The Bertz CT molecular complexity index is 882. The summed E-state index contributed by atoms with van der Waals surface area (Å²) in [5.41, 5.74) is 5.55. The van der Waals surface area contributed by atoms with Gasteiger partial charge in [-0.2, -0.15) is 5.26 Å². The lowest BCUT2D eigenvalue weighted by Crippen LogP contribution is -2.35. The highest BCUT2D eigenvalue weighted by atomic mass is 16.2. The number of nitrogens with zero attached hydrogens (tertiary/aromatic N) is 3. The van der Waals surface area contributed by atoms with Crippen molar-refractivity contribution in [3.8, 4) is 6.07 Å². The number of amides is 1. The molecule has 4 heteroatoms. The molecule has 1 aliphatic heterocycles. The molecule has 0 bridgehead atoms. The van der Waals surface area contributed by atoms with Gasteiger partial charge in [-0.3, -0.25) is 9.69 Å². The maximum absolute atomic E-state index is 13.1. The van der Waals surface area contributed by atoms with Crippen LogP contribution in [0.2, 0.25) is 0 Å². The summed E-state index contributed by atoms with van der Waals surface area (Å²) in [6.07, 6.45) is 5.75. The van der Waals surface area contributed by atoms with Gasteiger partial charge in [-0.05, 0) is 73.1 Å². The zero-order valence-corrected chi connectivity index (χ0v) is 16.4. The molecule has 2 aliphatic rings. The van der Waals surface area contributed by atoms with Crippen LogP contribution in [0.1, 0.15) is 51.9 Å². The van der Waals surface area contributed by atoms with Crippen molar-refractivity contribution >= 4 is 5.91 Å². The Morgan fingerprint density at radius 3 is 2.46 bits per heavy atom. The summed E-state index contributed by atoms with van der Waals surface area (Å²) in [5.74, 6) is 0.175. The summed E-state index contributed by atoms with van der Waals surface area (Å²) in [6.45, 7) is 4.34. The molecule has 0 saturated carbocycles. The van der Waals surface area contributed by atoms with Crippen LogP contribution >= 0.6 is 0 Å². The van der Waals surface area contributed by atoms with Gasteiger partial charge in [0, 0.05) is 38.3 Å². The molecule has 4 nitrogen and oxygen atoms in total. The predicted octanol–water partition coefficient (Wildman–Crippen LogP) is 3.79. The molecule has 0 spiro atoms. The first-order valence-corrected chi connectivity index (χ1v) is 10.4. The van der Waals surface area contributed by atoms with Gasteiger partial charge in [0.15, 0.2) is 0 Å². The van der Waals surface area contributed by atoms with E-state index in [4.69, 9.17) is 5.26 Å². The average molecular weight is 374 g/mol. The lowest BCUT2D eigenvalue weighted by atomic mass is 9.90. The minimum atomic E-state index is 0.175. The summed E-state index contributed by atoms with van der Waals surface area (Å²) in [7, 11) is 0. The molecule has 2 aromatic rings. The fraction of sp³-hybridized carbons (Fsp3) is 0.417. The smallest absolute Gasteiger partial charge is 0.253 e. The Morgan fingerprint density at radius 1 is 0.893 bits per heavy atom. The van der Waals surface area contributed by atoms with Crippen molar-refractivity contribution in [3.05, 3.63) is 70.3 Å². The summed E-state index contributed by atoms with van der Waals surface area (Å²) in [6, 6.07) is 16.3. The second-order valence-electron chi connectivity index (χ2n) is 7.92. The molecule has 0 N–H and O–H groups in total. The summed E-state index contributed by atoms with van der Waals surface area (Å²) in [5, 5.41) is 8.93. The molecule has 4 rings (SSSR count). The van der Waals surface area contributed by atoms with E-state index in [1.807, 2.05) is 35.2 Å². The Morgan fingerprint density at radius 2 is 1.68 bits per heavy atom. The summed E-state index contributed by atoms with van der Waals surface area (Å²) in [4.78, 5) is 17.5. The molecule has 1 aliphatic carbocycles. The van der Waals surface area contributed by atoms with Gasteiger partial charge in [0.1, 0.15) is 0 Å². The molecule has 0 radical (unpaired) electrons. The van der Waals surface area contributed by atoms with Crippen molar-refractivity contribution in [2.75, 3.05) is 26.2 Å². The molecule has 0 atom stereocenters. The van der Waals surface area contributed by atoms with Crippen LogP contribution in [-0.2, 0) is 19.4 Å². The Hall–Kier alpha value is -2.64. The highest BCUT2D eigenvalue weighted by molar-refractivity contribution is 5.94. The molecule has 1 saturated heterocycles. The molecule has 0 aromatic heterocycles. The third-order valence-corrected chi connectivity index (χ3v) is 5.96. The van der Waals surface area contributed by atoms with Crippen LogP contribution < -0.4 is 0 Å². The molecule has 1 amide bonds. The van der Waals surface area contributed by atoms with E-state index in [0.717, 1.165) is 57.5 Å². The van der Waals surface area contributed by atoms with Crippen LogP contribution in [0.5, 0.6) is 0 Å². The lowest BCUT2D eigenvalue weighted by molar-refractivity contribution is 0.0761. The fourth-order valence-electron chi connectivity index (χ4n) is 4.32. The molecule has 0 unspecified atom stereocenters. The number of nitriles is 1. The topological polar surface area (TPSA) is 47.3 Å². The fourth-order valence-corrected chi connectivity index (χ4v) is 4.32. The van der Waals surface area contributed by atoms with E-state index in [-0.39, 0.29) is 5.91 Å². The first-order chi connectivity index (χ1) is 13.7. The van der Waals surface area contributed by atoms with E-state index in [1.165, 1.54) is 29.5 Å². The van der Waals surface area contributed by atoms with Gasteiger partial charge in [0.05, 0.1) is 11.6 Å². The van der Waals surface area contributed by atoms with E-state index >= 15 is 0 Å². The Balaban J connectivity index is 1.38. The van der Waals surface area contributed by atoms with Crippen LogP contribution in [0.25, 0.3) is 0 Å². The normalized spacial score (nSPS) is 17.5. The van der Waals surface area contributed by atoms with Gasteiger partial charge >= 0.3 is 0 Å². The van der Waals surface area contributed by atoms with Crippen molar-refractivity contribution in [3.63, 3.8) is 0 Å². The molecular formula is C24H27N3O. The van der Waals surface area contributed by atoms with Crippen molar-refractivity contribution in [2.24, 2.45) is 0 Å². The largest absolute Gasteiger partial charge is 0.337 e. The lowest BCUT2D eigenvalue weighted by Gasteiger charge is -2.23. The minimum absolute atomic E-state index is 0.175. The minimum Gasteiger partial charge on any atom is -0.337 e. The average Bonchev–Trinajstić information content (AvgIpc) is 2.99. The number of carbonyl (C=O) groups excluding carboxylic acids is 1. The van der Waals surface area contributed by atoms with E-state index in [0.29, 0.717) is 5.56 Å². The van der Waals surface area contributed by atoms with Crippen LogP contribution in [-0.4, -0.2) is 41.9 Å². The Kier molecular flexibility index (Phi) is 5.73. The van der Waals surface area contributed by atoms with Gasteiger partial charge in [-0.25, -0.2) is 0 Å². The third-order valence-electron chi connectivity index (χ3n) is 5.96. The quantitative estimate of drug-likeness (QED) is 0.822. The second kappa shape index (κ2) is 8.58.